The van der Waals surface area contributed by atoms with Crippen LogP contribution in [0.1, 0.15) is 143 Å². The summed E-state index contributed by atoms with van der Waals surface area (Å²) >= 11 is 0. The number of rotatable bonds is 12. The minimum atomic E-state index is -1.89. The van der Waals surface area contributed by atoms with E-state index in [-0.39, 0.29) is 12.8 Å². The van der Waals surface area contributed by atoms with E-state index < -0.39 is 29.1 Å². The van der Waals surface area contributed by atoms with Gasteiger partial charge in [0.1, 0.15) is 17.8 Å². The van der Waals surface area contributed by atoms with E-state index in [0.717, 1.165) is 37.0 Å². The summed E-state index contributed by atoms with van der Waals surface area (Å²) < 4.78 is 31.3. The molecule has 1 N–H and O–H groups in total. The van der Waals surface area contributed by atoms with Crippen molar-refractivity contribution in [2.45, 2.75) is 155 Å². The van der Waals surface area contributed by atoms with E-state index in [4.69, 9.17) is 0 Å². The van der Waals surface area contributed by atoms with Crippen molar-refractivity contribution in [1.29, 1.82) is 0 Å². The third-order valence-corrected chi connectivity index (χ3v) is 10.8. The molecule has 3 saturated carbocycles. The van der Waals surface area contributed by atoms with Crippen LogP contribution < -0.4 is 0 Å². The highest BCUT2D eigenvalue weighted by Gasteiger charge is 2.59. The summed E-state index contributed by atoms with van der Waals surface area (Å²) in [5.74, 6) is 2.26. The number of hydrogen-bond acceptors (Lipinski definition) is 1. The number of aliphatic carboxylic acids is 1. The molecule has 3 aliphatic carbocycles. The Hall–Kier alpha value is -0.670. The van der Waals surface area contributed by atoms with Crippen molar-refractivity contribution in [3.8, 4) is 0 Å². The predicted molar refractivity (Wildman–Crippen MR) is 141 cm³/mol. The molecule has 2 nitrogen and oxygen atoms in total. The van der Waals surface area contributed by atoms with Crippen LogP contribution in [0.2, 0.25) is 0 Å². The highest BCUT2D eigenvalue weighted by atomic mass is 19.2. The fourth-order valence-corrected chi connectivity index (χ4v) is 8.41. The Morgan fingerprint density at radius 3 is 1.74 bits per heavy atom. The van der Waals surface area contributed by atoms with Crippen LogP contribution in [0.3, 0.4) is 0 Å². The van der Waals surface area contributed by atoms with Gasteiger partial charge in [-0.15, -0.1) is 0 Å². The molecule has 0 aliphatic heterocycles. The van der Waals surface area contributed by atoms with Crippen LogP contribution in [-0.4, -0.2) is 23.4 Å². The quantitative estimate of drug-likeness (QED) is 0.292. The lowest BCUT2D eigenvalue weighted by molar-refractivity contribution is -0.170. The highest BCUT2D eigenvalue weighted by Crippen LogP contribution is 2.55. The summed E-state index contributed by atoms with van der Waals surface area (Å²) in [6.07, 6.45) is 16.2. The van der Waals surface area contributed by atoms with Gasteiger partial charge in [-0.1, -0.05) is 78.6 Å². The first-order valence-electron chi connectivity index (χ1n) is 15.3. The first-order valence-corrected chi connectivity index (χ1v) is 15.3. The zero-order valence-corrected chi connectivity index (χ0v) is 23.0. The number of carbonyl (C=O) groups is 1. The SMILES string of the molecule is CCCCC1CCC(C2CCC(CCC3(CCC)CCC(CCC)(C(=O)O)C(F)C3F)CC2)CC1. The number of hydrogen-bond donors (Lipinski definition) is 1. The Balaban J connectivity index is 1.51. The Bertz CT molecular complexity index is 638. The number of unbranched alkanes of at least 4 members (excludes halogenated alkanes) is 1. The van der Waals surface area contributed by atoms with Crippen LogP contribution in [0.4, 0.5) is 8.78 Å². The van der Waals surface area contributed by atoms with E-state index in [1.807, 2.05) is 6.92 Å². The van der Waals surface area contributed by atoms with Crippen LogP contribution in [-0.2, 0) is 4.79 Å². The summed E-state index contributed by atoms with van der Waals surface area (Å²) in [4.78, 5) is 12.0. The lowest BCUT2D eigenvalue weighted by atomic mass is 9.56. The normalized spacial score (nSPS) is 40.5. The molecular formula is C31H54F2O2. The standard InChI is InChI=1S/C31H54F2O2/c1-4-7-8-23-9-13-25(14-10-23)26-15-11-24(12-16-26)17-20-30(18-5-2)21-22-31(19-6-3,29(34)35)28(33)27(30)32/h23-28H,4-22H2,1-3H3,(H,34,35). The van der Waals surface area contributed by atoms with E-state index in [1.165, 1.54) is 70.6 Å². The minimum Gasteiger partial charge on any atom is -0.481 e. The van der Waals surface area contributed by atoms with Crippen LogP contribution in [0, 0.1) is 34.5 Å². The van der Waals surface area contributed by atoms with Crippen LogP contribution in [0.5, 0.6) is 0 Å². The van der Waals surface area contributed by atoms with Gasteiger partial charge in [0, 0.05) is 5.41 Å². The van der Waals surface area contributed by atoms with Gasteiger partial charge in [-0.25, -0.2) is 8.78 Å². The smallest absolute Gasteiger partial charge is 0.312 e. The van der Waals surface area contributed by atoms with Gasteiger partial charge in [-0.05, 0) is 87.9 Å². The molecule has 204 valence electrons. The Kier molecular flexibility index (Phi) is 10.9. The number of alkyl halides is 2. The van der Waals surface area contributed by atoms with Crippen molar-refractivity contribution in [3.63, 3.8) is 0 Å². The highest BCUT2D eigenvalue weighted by molar-refractivity contribution is 5.76. The van der Waals surface area contributed by atoms with E-state index in [0.29, 0.717) is 25.2 Å². The third-order valence-electron chi connectivity index (χ3n) is 10.8. The number of carboxylic acid groups (broad SMARTS) is 1. The Morgan fingerprint density at radius 1 is 0.714 bits per heavy atom. The van der Waals surface area contributed by atoms with Crippen molar-refractivity contribution in [2.75, 3.05) is 0 Å². The van der Waals surface area contributed by atoms with Crippen LogP contribution in [0.25, 0.3) is 0 Å². The first-order chi connectivity index (χ1) is 16.8. The molecule has 4 unspecified atom stereocenters. The second-order valence-corrected chi connectivity index (χ2v) is 12.9. The second kappa shape index (κ2) is 13.2. The van der Waals surface area contributed by atoms with Crippen molar-refractivity contribution >= 4 is 5.97 Å². The lowest BCUT2D eigenvalue weighted by Gasteiger charge is -2.49. The molecule has 0 heterocycles. The molecule has 0 spiro atoms. The van der Waals surface area contributed by atoms with Gasteiger partial charge in [0.25, 0.3) is 0 Å². The van der Waals surface area contributed by atoms with Gasteiger partial charge in [-0.2, -0.15) is 0 Å². The molecule has 0 aromatic carbocycles. The molecule has 4 atom stereocenters. The van der Waals surface area contributed by atoms with Crippen molar-refractivity contribution < 1.29 is 18.7 Å². The molecule has 0 aromatic rings. The topological polar surface area (TPSA) is 37.3 Å². The average Bonchev–Trinajstić information content (AvgIpc) is 2.87. The van der Waals surface area contributed by atoms with Gasteiger partial charge in [0.2, 0.25) is 0 Å². The summed E-state index contributed by atoms with van der Waals surface area (Å²) in [6, 6.07) is 0. The fraction of sp³-hybridized carbons (Fsp3) is 0.968. The summed E-state index contributed by atoms with van der Waals surface area (Å²) in [5.41, 5.74) is -2.20. The first kappa shape index (κ1) is 28.9. The fourth-order valence-electron chi connectivity index (χ4n) is 8.41. The lowest BCUT2D eigenvalue weighted by Crippen LogP contribution is -2.55. The van der Waals surface area contributed by atoms with Gasteiger partial charge in [0.05, 0.1) is 0 Å². The van der Waals surface area contributed by atoms with E-state index >= 15 is 8.78 Å². The number of carboxylic acids is 1. The van der Waals surface area contributed by atoms with Crippen molar-refractivity contribution in [3.05, 3.63) is 0 Å². The zero-order valence-electron chi connectivity index (χ0n) is 23.0. The predicted octanol–water partition coefficient (Wildman–Crippen LogP) is 9.70. The van der Waals surface area contributed by atoms with E-state index in [1.54, 1.807) is 0 Å². The summed E-state index contributed by atoms with van der Waals surface area (Å²) in [5, 5.41) is 9.82. The maximum absolute atomic E-state index is 15.8. The Labute approximate surface area is 214 Å². The third kappa shape index (κ3) is 6.61. The molecule has 0 aromatic heterocycles. The largest absolute Gasteiger partial charge is 0.481 e. The van der Waals surface area contributed by atoms with E-state index in [9.17, 15) is 9.90 Å². The van der Waals surface area contributed by atoms with Crippen molar-refractivity contribution in [1.82, 2.24) is 0 Å². The molecule has 0 radical (unpaired) electrons. The van der Waals surface area contributed by atoms with Gasteiger partial charge in [0.15, 0.2) is 0 Å². The maximum Gasteiger partial charge on any atom is 0.312 e. The van der Waals surface area contributed by atoms with Gasteiger partial charge in [-0.3, -0.25) is 4.79 Å². The van der Waals surface area contributed by atoms with Crippen molar-refractivity contribution in [2.24, 2.45) is 34.5 Å². The maximum atomic E-state index is 15.8. The molecule has 0 bridgehead atoms. The van der Waals surface area contributed by atoms with Gasteiger partial charge >= 0.3 is 5.97 Å². The molecular weight excluding hydrogens is 442 g/mol. The zero-order chi connectivity index (χ0) is 25.5. The van der Waals surface area contributed by atoms with Gasteiger partial charge < -0.3 is 5.11 Å². The summed E-state index contributed by atoms with van der Waals surface area (Å²) in [6.45, 7) is 6.21. The van der Waals surface area contributed by atoms with Crippen LogP contribution >= 0.6 is 0 Å². The monoisotopic (exact) mass is 496 g/mol. The van der Waals surface area contributed by atoms with E-state index in [2.05, 4.69) is 13.8 Å². The number of halogens is 2. The molecule has 35 heavy (non-hydrogen) atoms. The summed E-state index contributed by atoms with van der Waals surface area (Å²) in [7, 11) is 0. The molecule has 3 aliphatic rings. The molecule has 4 heteroatoms. The molecule has 0 amide bonds. The molecule has 0 saturated heterocycles. The average molecular weight is 497 g/mol. The van der Waals surface area contributed by atoms with Crippen LogP contribution in [0.15, 0.2) is 0 Å². The minimum absolute atomic E-state index is 0.233. The molecule has 3 rings (SSSR count). The Morgan fingerprint density at radius 2 is 1.26 bits per heavy atom. The molecule has 3 fully saturated rings. The second-order valence-electron chi connectivity index (χ2n) is 12.9.